The highest BCUT2D eigenvalue weighted by Gasteiger charge is 2.14. The molecule has 106 valence electrons. The maximum absolute atomic E-state index is 11.0. The number of aromatic nitrogens is 3. The summed E-state index contributed by atoms with van der Waals surface area (Å²) in [6, 6.07) is 12.9. The zero-order valence-electron chi connectivity index (χ0n) is 11.2. The first-order valence-corrected chi connectivity index (χ1v) is 7.19. The number of nitrogens with zero attached hydrogens (tertiary/aromatic N) is 3. The molecule has 0 aliphatic heterocycles. The van der Waals surface area contributed by atoms with Gasteiger partial charge in [0.2, 0.25) is 0 Å². The van der Waals surface area contributed by atoms with E-state index < -0.39 is 5.97 Å². The van der Waals surface area contributed by atoms with Gasteiger partial charge in [0, 0.05) is 4.47 Å². The summed E-state index contributed by atoms with van der Waals surface area (Å²) < 4.78 is 2.82. The number of carbonyl (C=O) groups is 1. The quantitative estimate of drug-likeness (QED) is 0.788. The van der Waals surface area contributed by atoms with Crippen molar-refractivity contribution < 1.29 is 9.90 Å². The lowest BCUT2D eigenvalue weighted by Gasteiger charge is -2.13. The van der Waals surface area contributed by atoms with Crippen molar-refractivity contribution in [3.8, 4) is 0 Å². The Bertz CT molecular complexity index is 811. The van der Waals surface area contributed by atoms with Crippen LogP contribution in [0.25, 0.3) is 11.0 Å². The van der Waals surface area contributed by atoms with Crippen molar-refractivity contribution in [3.05, 3.63) is 58.1 Å². The Labute approximate surface area is 129 Å². The van der Waals surface area contributed by atoms with E-state index in [-0.39, 0.29) is 11.6 Å². The average Bonchev–Trinajstić information content (AvgIpc) is 2.90. The van der Waals surface area contributed by atoms with E-state index in [1.807, 2.05) is 31.2 Å². The third-order valence-electron chi connectivity index (χ3n) is 3.44. The smallest absolute Gasteiger partial charge is 0.335 e. The van der Waals surface area contributed by atoms with Gasteiger partial charge in [-0.2, -0.15) is 0 Å². The van der Waals surface area contributed by atoms with Crippen molar-refractivity contribution in [2.75, 3.05) is 0 Å². The molecule has 5 nitrogen and oxygen atoms in total. The van der Waals surface area contributed by atoms with Crippen molar-refractivity contribution in [2.24, 2.45) is 0 Å². The van der Waals surface area contributed by atoms with Crippen LogP contribution in [0.5, 0.6) is 0 Å². The van der Waals surface area contributed by atoms with E-state index in [0.29, 0.717) is 5.52 Å². The molecule has 3 rings (SSSR count). The van der Waals surface area contributed by atoms with Crippen LogP contribution in [0.3, 0.4) is 0 Å². The molecule has 2 aromatic carbocycles. The number of halogens is 1. The Kier molecular flexibility index (Phi) is 3.47. The van der Waals surface area contributed by atoms with Crippen LogP contribution in [0, 0.1) is 0 Å². The molecule has 1 atom stereocenters. The minimum Gasteiger partial charge on any atom is -0.478 e. The van der Waals surface area contributed by atoms with E-state index in [4.69, 9.17) is 5.11 Å². The van der Waals surface area contributed by atoms with Crippen LogP contribution in [0.1, 0.15) is 28.9 Å². The number of aromatic carboxylic acids is 1. The molecule has 0 saturated heterocycles. The number of hydrogen-bond donors (Lipinski definition) is 1. The molecule has 3 aromatic rings. The van der Waals surface area contributed by atoms with Crippen LogP contribution < -0.4 is 0 Å². The topological polar surface area (TPSA) is 68.0 Å². The highest BCUT2D eigenvalue weighted by molar-refractivity contribution is 9.10. The largest absolute Gasteiger partial charge is 0.478 e. The molecule has 0 fully saturated rings. The minimum absolute atomic E-state index is 0.0128. The van der Waals surface area contributed by atoms with Crippen molar-refractivity contribution in [3.63, 3.8) is 0 Å². The summed E-state index contributed by atoms with van der Waals surface area (Å²) in [6.07, 6.45) is 0. The summed E-state index contributed by atoms with van der Waals surface area (Å²) in [5.41, 5.74) is 2.72. The Morgan fingerprint density at radius 1 is 1.24 bits per heavy atom. The van der Waals surface area contributed by atoms with Crippen molar-refractivity contribution in [1.82, 2.24) is 15.0 Å². The van der Waals surface area contributed by atoms with Gasteiger partial charge in [0.05, 0.1) is 17.1 Å². The van der Waals surface area contributed by atoms with Gasteiger partial charge >= 0.3 is 5.97 Å². The van der Waals surface area contributed by atoms with E-state index in [1.165, 1.54) is 6.07 Å². The summed E-state index contributed by atoms with van der Waals surface area (Å²) in [5.74, 6) is -0.965. The van der Waals surface area contributed by atoms with E-state index >= 15 is 0 Å². The van der Waals surface area contributed by atoms with Crippen LogP contribution in [-0.2, 0) is 0 Å². The number of hydrogen-bond acceptors (Lipinski definition) is 3. The molecular weight excluding hydrogens is 334 g/mol. The predicted molar refractivity (Wildman–Crippen MR) is 82.4 cm³/mol. The van der Waals surface area contributed by atoms with Crippen LogP contribution in [0.15, 0.2) is 46.9 Å². The average molecular weight is 346 g/mol. The first kappa shape index (κ1) is 13.8. The van der Waals surface area contributed by atoms with Gasteiger partial charge in [-0.05, 0) is 42.8 Å². The molecular formula is C15H12BrN3O2. The maximum Gasteiger partial charge on any atom is 0.335 e. The maximum atomic E-state index is 11.0. The SMILES string of the molecule is CC(c1ccc(Br)cc1)n1nnc2cc(C(=O)O)ccc21. The molecule has 6 heteroatoms. The first-order chi connectivity index (χ1) is 10.1. The predicted octanol–water partition coefficient (Wildman–Crippen LogP) is 3.50. The fraction of sp³-hybridized carbons (Fsp3) is 0.133. The summed E-state index contributed by atoms with van der Waals surface area (Å²) in [5, 5.41) is 17.2. The number of carboxylic acid groups (broad SMARTS) is 1. The van der Waals surface area contributed by atoms with Gasteiger partial charge in [-0.1, -0.05) is 33.3 Å². The standard InChI is InChI=1S/C15H12BrN3O2/c1-9(10-2-5-12(16)6-3-10)19-14-7-4-11(15(20)21)8-13(14)17-18-19/h2-9H,1H3,(H,20,21). The van der Waals surface area contributed by atoms with Gasteiger partial charge in [-0.25, -0.2) is 9.48 Å². The monoisotopic (exact) mass is 345 g/mol. The van der Waals surface area contributed by atoms with Gasteiger partial charge in [0.1, 0.15) is 5.52 Å². The zero-order valence-corrected chi connectivity index (χ0v) is 12.8. The second-order valence-electron chi connectivity index (χ2n) is 4.77. The Hall–Kier alpha value is -2.21. The molecule has 0 aliphatic rings. The molecule has 1 aromatic heterocycles. The third kappa shape index (κ3) is 2.54. The Morgan fingerprint density at radius 2 is 1.95 bits per heavy atom. The summed E-state index contributed by atoms with van der Waals surface area (Å²) in [4.78, 5) is 11.0. The molecule has 0 radical (unpaired) electrons. The summed E-state index contributed by atoms with van der Waals surface area (Å²) in [6.45, 7) is 2.03. The van der Waals surface area contributed by atoms with E-state index in [0.717, 1.165) is 15.6 Å². The Morgan fingerprint density at radius 3 is 2.62 bits per heavy atom. The van der Waals surface area contributed by atoms with Gasteiger partial charge < -0.3 is 5.11 Å². The molecule has 1 heterocycles. The van der Waals surface area contributed by atoms with Crippen molar-refractivity contribution in [1.29, 1.82) is 0 Å². The lowest BCUT2D eigenvalue weighted by atomic mass is 10.1. The second-order valence-corrected chi connectivity index (χ2v) is 5.69. The number of fused-ring (bicyclic) bond motifs is 1. The van der Waals surface area contributed by atoms with Crippen molar-refractivity contribution in [2.45, 2.75) is 13.0 Å². The Balaban J connectivity index is 2.04. The molecule has 0 aliphatic carbocycles. The van der Waals surface area contributed by atoms with E-state index in [2.05, 4.69) is 26.2 Å². The molecule has 0 amide bonds. The number of rotatable bonds is 3. The van der Waals surface area contributed by atoms with E-state index in [9.17, 15) is 4.79 Å². The molecule has 0 bridgehead atoms. The molecule has 0 spiro atoms. The lowest BCUT2D eigenvalue weighted by Crippen LogP contribution is -2.08. The number of carboxylic acids is 1. The van der Waals surface area contributed by atoms with Gasteiger partial charge in [-0.3, -0.25) is 0 Å². The van der Waals surface area contributed by atoms with Gasteiger partial charge in [0.15, 0.2) is 0 Å². The fourth-order valence-corrected chi connectivity index (χ4v) is 2.51. The van der Waals surface area contributed by atoms with Crippen LogP contribution in [-0.4, -0.2) is 26.1 Å². The minimum atomic E-state index is -0.965. The lowest BCUT2D eigenvalue weighted by molar-refractivity contribution is 0.0697. The normalized spacial score (nSPS) is 12.5. The van der Waals surface area contributed by atoms with Gasteiger partial charge in [0.25, 0.3) is 0 Å². The van der Waals surface area contributed by atoms with Gasteiger partial charge in [-0.15, -0.1) is 5.10 Å². The molecule has 21 heavy (non-hydrogen) atoms. The highest BCUT2D eigenvalue weighted by Crippen LogP contribution is 2.23. The fourth-order valence-electron chi connectivity index (χ4n) is 2.24. The van der Waals surface area contributed by atoms with Crippen molar-refractivity contribution >= 4 is 32.9 Å². The highest BCUT2D eigenvalue weighted by atomic mass is 79.9. The van der Waals surface area contributed by atoms with Crippen LogP contribution in [0.4, 0.5) is 0 Å². The molecule has 1 unspecified atom stereocenters. The van der Waals surface area contributed by atoms with Crippen LogP contribution in [0.2, 0.25) is 0 Å². The second kappa shape index (κ2) is 5.29. The third-order valence-corrected chi connectivity index (χ3v) is 3.97. The zero-order chi connectivity index (χ0) is 15.0. The summed E-state index contributed by atoms with van der Waals surface area (Å²) in [7, 11) is 0. The molecule has 1 N–H and O–H groups in total. The summed E-state index contributed by atoms with van der Waals surface area (Å²) >= 11 is 3.41. The van der Waals surface area contributed by atoms with E-state index in [1.54, 1.807) is 16.8 Å². The van der Waals surface area contributed by atoms with Crippen LogP contribution >= 0.6 is 15.9 Å². The number of benzene rings is 2. The first-order valence-electron chi connectivity index (χ1n) is 6.40. The molecule has 0 saturated carbocycles.